The van der Waals surface area contributed by atoms with E-state index >= 15 is 0 Å². The molecule has 16 heavy (non-hydrogen) atoms. The summed E-state index contributed by atoms with van der Waals surface area (Å²) in [4.78, 5) is 0. The van der Waals surface area contributed by atoms with Gasteiger partial charge in [0.05, 0.1) is 0 Å². The van der Waals surface area contributed by atoms with E-state index in [1.807, 2.05) is 12.1 Å². The van der Waals surface area contributed by atoms with Crippen molar-refractivity contribution in [1.82, 2.24) is 0 Å². The molecule has 3 rings (SSSR count). The number of hydrogen-bond donors (Lipinski definition) is 1. The summed E-state index contributed by atoms with van der Waals surface area (Å²) in [6.45, 7) is 0. The van der Waals surface area contributed by atoms with Gasteiger partial charge in [0, 0.05) is 16.5 Å². The molecule has 2 atom stereocenters. The van der Waals surface area contributed by atoms with Gasteiger partial charge >= 0.3 is 0 Å². The summed E-state index contributed by atoms with van der Waals surface area (Å²) < 4.78 is 0. The second kappa shape index (κ2) is 3.75. The van der Waals surface area contributed by atoms with Crippen molar-refractivity contribution < 1.29 is 0 Å². The summed E-state index contributed by atoms with van der Waals surface area (Å²) >= 11 is 6.22. The summed E-state index contributed by atoms with van der Waals surface area (Å²) in [6.07, 6.45) is 6.48. The van der Waals surface area contributed by atoms with E-state index in [0.717, 1.165) is 17.4 Å². The highest BCUT2D eigenvalue weighted by Gasteiger charge is 2.53. The SMILES string of the molecule is NC1(CC2CCC2)CC1c1ccccc1Cl. The van der Waals surface area contributed by atoms with E-state index in [0.29, 0.717) is 5.92 Å². The second-order valence-corrected chi connectivity index (χ2v) is 5.92. The van der Waals surface area contributed by atoms with E-state index in [-0.39, 0.29) is 5.54 Å². The summed E-state index contributed by atoms with van der Waals surface area (Å²) in [5.41, 5.74) is 7.75. The molecule has 1 aromatic rings. The molecule has 0 bridgehead atoms. The zero-order chi connectivity index (χ0) is 11.2. The monoisotopic (exact) mass is 235 g/mol. The molecule has 2 aliphatic rings. The minimum Gasteiger partial charge on any atom is -0.325 e. The Kier molecular flexibility index (Phi) is 2.49. The third-order valence-electron chi connectivity index (χ3n) is 4.29. The molecule has 2 saturated carbocycles. The van der Waals surface area contributed by atoms with Gasteiger partial charge in [-0.2, -0.15) is 0 Å². The van der Waals surface area contributed by atoms with Gasteiger partial charge in [0.25, 0.3) is 0 Å². The van der Waals surface area contributed by atoms with E-state index in [1.54, 1.807) is 0 Å². The lowest BCUT2D eigenvalue weighted by atomic mass is 9.79. The Morgan fingerprint density at radius 1 is 1.31 bits per heavy atom. The van der Waals surface area contributed by atoms with Crippen LogP contribution in [0.4, 0.5) is 0 Å². The van der Waals surface area contributed by atoms with Gasteiger partial charge in [0.15, 0.2) is 0 Å². The van der Waals surface area contributed by atoms with Crippen LogP contribution in [-0.4, -0.2) is 5.54 Å². The topological polar surface area (TPSA) is 26.0 Å². The van der Waals surface area contributed by atoms with Crippen molar-refractivity contribution in [3.8, 4) is 0 Å². The van der Waals surface area contributed by atoms with E-state index < -0.39 is 0 Å². The molecule has 2 aliphatic carbocycles. The number of hydrogen-bond acceptors (Lipinski definition) is 1. The molecular formula is C14H18ClN. The minimum absolute atomic E-state index is 0.0517. The fourth-order valence-corrected chi connectivity index (χ4v) is 3.23. The maximum Gasteiger partial charge on any atom is 0.0441 e. The average molecular weight is 236 g/mol. The summed E-state index contributed by atoms with van der Waals surface area (Å²) in [6, 6.07) is 8.14. The zero-order valence-electron chi connectivity index (χ0n) is 9.45. The molecule has 2 fully saturated rings. The van der Waals surface area contributed by atoms with Crippen LogP contribution < -0.4 is 5.73 Å². The normalized spacial score (nSPS) is 33.5. The molecule has 0 aromatic heterocycles. The molecule has 1 aromatic carbocycles. The van der Waals surface area contributed by atoms with Gasteiger partial charge in [-0.3, -0.25) is 0 Å². The first kappa shape index (κ1) is 10.6. The van der Waals surface area contributed by atoms with Crippen molar-refractivity contribution in [2.45, 2.75) is 43.6 Å². The van der Waals surface area contributed by atoms with Crippen molar-refractivity contribution in [1.29, 1.82) is 0 Å². The first-order valence-electron chi connectivity index (χ1n) is 6.22. The standard InChI is InChI=1S/C14H18ClN/c15-13-7-2-1-6-11(13)12-9-14(12,16)8-10-4-3-5-10/h1-2,6-7,10,12H,3-5,8-9,16H2. The fraction of sp³-hybridized carbons (Fsp3) is 0.571. The van der Waals surface area contributed by atoms with E-state index in [9.17, 15) is 0 Å². The lowest BCUT2D eigenvalue weighted by Gasteiger charge is -2.28. The molecule has 0 saturated heterocycles. The van der Waals surface area contributed by atoms with E-state index in [1.165, 1.54) is 31.2 Å². The third kappa shape index (κ3) is 1.76. The highest BCUT2D eigenvalue weighted by atomic mass is 35.5. The van der Waals surface area contributed by atoms with Crippen molar-refractivity contribution in [2.24, 2.45) is 11.7 Å². The Labute approximate surface area is 102 Å². The van der Waals surface area contributed by atoms with Crippen LogP contribution in [0.15, 0.2) is 24.3 Å². The number of benzene rings is 1. The lowest BCUT2D eigenvalue weighted by molar-refractivity contribution is 0.267. The Morgan fingerprint density at radius 3 is 2.69 bits per heavy atom. The lowest BCUT2D eigenvalue weighted by Crippen LogP contribution is -2.30. The predicted molar refractivity (Wildman–Crippen MR) is 67.7 cm³/mol. The maximum absolute atomic E-state index is 6.44. The Hall–Kier alpha value is -0.530. The molecule has 0 radical (unpaired) electrons. The Morgan fingerprint density at radius 2 is 2.06 bits per heavy atom. The van der Waals surface area contributed by atoms with Crippen LogP contribution >= 0.6 is 11.6 Å². The highest BCUT2D eigenvalue weighted by molar-refractivity contribution is 6.31. The van der Waals surface area contributed by atoms with Crippen LogP contribution in [0, 0.1) is 5.92 Å². The zero-order valence-corrected chi connectivity index (χ0v) is 10.2. The van der Waals surface area contributed by atoms with Crippen molar-refractivity contribution in [2.75, 3.05) is 0 Å². The van der Waals surface area contributed by atoms with Crippen LogP contribution in [0.1, 0.15) is 43.6 Å². The molecule has 2 heteroatoms. The summed E-state index contributed by atoms with van der Waals surface area (Å²) in [5.74, 6) is 1.39. The molecule has 0 spiro atoms. The van der Waals surface area contributed by atoms with Gasteiger partial charge in [0.1, 0.15) is 0 Å². The summed E-state index contributed by atoms with van der Waals surface area (Å²) in [5, 5.41) is 0.883. The minimum atomic E-state index is 0.0517. The quantitative estimate of drug-likeness (QED) is 0.849. The molecule has 86 valence electrons. The van der Waals surface area contributed by atoms with Gasteiger partial charge < -0.3 is 5.73 Å². The molecule has 1 nitrogen and oxygen atoms in total. The predicted octanol–water partition coefficient (Wildman–Crippen LogP) is 3.72. The second-order valence-electron chi connectivity index (χ2n) is 5.51. The van der Waals surface area contributed by atoms with Gasteiger partial charge in [-0.1, -0.05) is 49.1 Å². The van der Waals surface area contributed by atoms with Gasteiger partial charge in [0.2, 0.25) is 0 Å². The van der Waals surface area contributed by atoms with Crippen LogP contribution in [0.2, 0.25) is 5.02 Å². The van der Waals surface area contributed by atoms with Gasteiger partial charge in [-0.25, -0.2) is 0 Å². The van der Waals surface area contributed by atoms with Crippen molar-refractivity contribution >= 4 is 11.6 Å². The molecule has 0 amide bonds. The third-order valence-corrected chi connectivity index (χ3v) is 4.64. The van der Waals surface area contributed by atoms with Crippen LogP contribution in [0.25, 0.3) is 0 Å². The highest BCUT2D eigenvalue weighted by Crippen LogP contribution is 2.56. The number of nitrogens with two attached hydrogens (primary N) is 1. The molecule has 2 N–H and O–H groups in total. The van der Waals surface area contributed by atoms with Crippen LogP contribution in [-0.2, 0) is 0 Å². The van der Waals surface area contributed by atoms with Crippen molar-refractivity contribution in [3.05, 3.63) is 34.9 Å². The van der Waals surface area contributed by atoms with Gasteiger partial charge in [-0.15, -0.1) is 0 Å². The fourth-order valence-electron chi connectivity index (χ4n) is 2.96. The smallest absolute Gasteiger partial charge is 0.0441 e. The molecule has 2 unspecified atom stereocenters. The first-order valence-corrected chi connectivity index (χ1v) is 6.60. The Bertz CT molecular complexity index is 399. The van der Waals surface area contributed by atoms with Crippen molar-refractivity contribution in [3.63, 3.8) is 0 Å². The Balaban J connectivity index is 1.72. The molecular weight excluding hydrogens is 218 g/mol. The van der Waals surface area contributed by atoms with E-state index in [4.69, 9.17) is 17.3 Å². The van der Waals surface area contributed by atoms with Gasteiger partial charge in [-0.05, 0) is 30.4 Å². The summed E-state index contributed by atoms with van der Waals surface area (Å²) in [7, 11) is 0. The number of halogens is 1. The largest absolute Gasteiger partial charge is 0.325 e. The molecule has 0 heterocycles. The molecule has 0 aliphatic heterocycles. The first-order chi connectivity index (χ1) is 7.69. The number of rotatable bonds is 3. The van der Waals surface area contributed by atoms with E-state index in [2.05, 4.69) is 12.1 Å². The van der Waals surface area contributed by atoms with Crippen LogP contribution in [0.5, 0.6) is 0 Å². The van der Waals surface area contributed by atoms with Crippen LogP contribution in [0.3, 0.4) is 0 Å². The maximum atomic E-state index is 6.44. The average Bonchev–Trinajstić information content (AvgIpc) is 2.86.